The van der Waals surface area contributed by atoms with E-state index in [2.05, 4.69) is 13.2 Å². The molecule has 0 saturated carbocycles. The van der Waals surface area contributed by atoms with Crippen LogP contribution < -0.4 is 0 Å². The van der Waals surface area contributed by atoms with E-state index in [-0.39, 0.29) is 0 Å². The van der Waals surface area contributed by atoms with Gasteiger partial charge in [0.1, 0.15) is 0 Å². The Kier molecular flexibility index (Phi) is 12.4. The highest BCUT2D eigenvalue weighted by Crippen LogP contribution is 1.95. The molecule has 0 radical (unpaired) electrons. The molecule has 0 atom stereocenters. The summed E-state index contributed by atoms with van der Waals surface area (Å²) in [5.41, 5.74) is 0. The van der Waals surface area contributed by atoms with Crippen molar-refractivity contribution in [3.63, 3.8) is 0 Å². The molecule has 2 heteroatoms. The van der Waals surface area contributed by atoms with Gasteiger partial charge >= 0.3 is 0 Å². The van der Waals surface area contributed by atoms with Crippen LogP contribution in [0.1, 0.15) is 33.6 Å². The fraction of sp³-hybridized carbons (Fsp3) is 0.636. The minimum absolute atomic E-state index is 0.743. The zero-order valence-corrected chi connectivity index (χ0v) is 9.35. The van der Waals surface area contributed by atoms with Crippen molar-refractivity contribution in [2.24, 2.45) is 0 Å². The Labute approximate surface area is 82.2 Å². The first-order valence-electron chi connectivity index (χ1n) is 4.64. The number of rotatable bonds is 5. The topological polar surface area (TPSA) is 18.5 Å². The van der Waals surface area contributed by atoms with E-state index in [1.807, 2.05) is 20.8 Å². The third-order valence-electron chi connectivity index (χ3n) is 1.43. The lowest BCUT2D eigenvalue weighted by Gasteiger charge is -2.00. The summed E-state index contributed by atoms with van der Waals surface area (Å²) < 4.78 is 9.70. The monoisotopic (exact) mass is 186 g/mol. The molecule has 0 aliphatic heterocycles. The molecule has 0 aromatic heterocycles. The van der Waals surface area contributed by atoms with Crippen LogP contribution in [0.2, 0.25) is 0 Å². The van der Waals surface area contributed by atoms with Crippen LogP contribution in [-0.2, 0) is 9.47 Å². The highest BCUT2D eigenvalue weighted by molar-refractivity contribution is 4.78. The molecular formula is C11H22O2. The van der Waals surface area contributed by atoms with Crippen LogP contribution in [0.15, 0.2) is 24.7 Å². The van der Waals surface area contributed by atoms with Crippen molar-refractivity contribution in [3.05, 3.63) is 24.7 Å². The fourth-order valence-electron chi connectivity index (χ4n) is 0.451. The summed E-state index contributed by atoms with van der Waals surface area (Å²) in [5.74, 6) is 1.72. The van der Waals surface area contributed by atoms with E-state index in [1.165, 1.54) is 0 Å². The summed E-state index contributed by atoms with van der Waals surface area (Å²) in [6, 6.07) is 0. The van der Waals surface area contributed by atoms with Gasteiger partial charge in [-0.2, -0.15) is 0 Å². The van der Waals surface area contributed by atoms with Crippen LogP contribution in [0.3, 0.4) is 0 Å². The smallest absolute Gasteiger partial charge is 0.0885 e. The molecule has 0 aromatic rings. The van der Waals surface area contributed by atoms with E-state index in [0.29, 0.717) is 0 Å². The summed E-state index contributed by atoms with van der Waals surface area (Å²) in [6.07, 6.45) is 1.84. The first-order valence-corrected chi connectivity index (χ1v) is 4.64. The number of methoxy groups -OCH3 is 1. The minimum atomic E-state index is 0.743. The van der Waals surface area contributed by atoms with Crippen molar-refractivity contribution in [2.75, 3.05) is 13.7 Å². The number of ether oxygens (including phenoxy) is 2. The Morgan fingerprint density at radius 1 is 1.00 bits per heavy atom. The molecule has 0 N–H and O–H groups in total. The van der Waals surface area contributed by atoms with Gasteiger partial charge in [-0.05, 0) is 6.92 Å². The second-order valence-corrected chi connectivity index (χ2v) is 2.42. The van der Waals surface area contributed by atoms with E-state index in [9.17, 15) is 0 Å². The molecule has 78 valence electrons. The van der Waals surface area contributed by atoms with Gasteiger partial charge in [0.15, 0.2) is 0 Å². The van der Waals surface area contributed by atoms with Gasteiger partial charge in [-0.1, -0.05) is 27.0 Å². The van der Waals surface area contributed by atoms with Gasteiger partial charge in [0, 0.05) is 12.8 Å². The lowest BCUT2D eigenvalue weighted by molar-refractivity contribution is 0.223. The predicted octanol–water partition coefficient (Wildman–Crippen LogP) is 3.50. The van der Waals surface area contributed by atoms with Crippen molar-refractivity contribution in [3.8, 4) is 0 Å². The van der Waals surface area contributed by atoms with Gasteiger partial charge in [-0.3, -0.25) is 0 Å². The number of allylic oxidation sites excluding steroid dienone is 2. The second kappa shape index (κ2) is 11.1. The normalized spacial score (nSPS) is 8.00. The number of hydrogen-bond acceptors (Lipinski definition) is 2. The first-order chi connectivity index (χ1) is 6.12. The third-order valence-corrected chi connectivity index (χ3v) is 1.43. The SMILES string of the molecule is C=C(CC)OC.C=C(CC)OCC. The Balaban J connectivity index is 0. The maximum absolute atomic E-state index is 5.00. The van der Waals surface area contributed by atoms with Gasteiger partial charge in [0.2, 0.25) is 0 Å². The Morgan fingerprint density at radius 2 is 1.46 bits per heavy atom. The van der Waals surface area contributed by atoms with Gasteiger partial charge in [-0.25, -0.2) is 0 Å². The maximum atomic E-state index is 5.00. The lowest BCUT2D eigenvalue weighted by Crippen LogP contribution is -1.85. The zero-order chi connectivity index (χ0) is 10.7. The molecule has 0 heterocycles. The van der Waals surface area contributed by atoms with E-state index in [4.69, 9.17) is 9.47 Å². The highest BCUT2D eigenvalue weighted by Gasteiger charge is 1.82. The van der Waals surface area contributed by atoms with Crippen LogP contribution in [0.25, 0.3) is 0 Å². The molecule has 0 rings (SSSR count). The molecule has 0 saturated heterocycles. The molecule has 0 bridgehead atoms. The quantitative estimate of drug-likeness (QED) is 0.612. The summed E-state index contributed by atoms with van der Waals surface area (Å²) >= 11 is 0. The molecule has 0 unspecified atom stereocenters. The fourth-order valence-corrected chi connectivity index (χ4v) is 0.451. The molecule has 13 heavy (non-hydrogen) atoms. The van der Waals surface area contributed by atoms with Crippen LogP contribution in [-0.4, -0.2) is 13.7 Å². The van der Waals surface area contributed by atoms with Gasteiger partial charge in [0.05, 0.1) is 25.2 Å². The Hall–Kier alpha value is -0.920. The van der Waals surface area contributed by atoms with Gasteiger partial charge in [-0.15, -0.1) is 0 Å². The summed E-state index contributed by atoms with van der Waals surface area (Å²) in [7, 11) is 1.63. The lowest BCUT2D eigenvalue weighted by atomic mass is 10.4. The van der Waals surface area contributed by atoms with Crippen molar-refractivity contribution < 1.29 is 9.47 Å². The van der Waals surface area contributed by atoms with Crippen molar-refractivity contribution >= 4 is 0 Å². The highest BCUT2D eigenvalue weighted by atomic mass is 16.5. The van der Waals surface area contributed by atoms with Gasteiger partial charge < -0.3 is 9.47 Å². The second-order valence-electron chi connectivity index (χ2n) is 2.42. The first kappa shape index (κ1) is 14.6. The van der Waals surface area contributed by atoms with E-state index in [1.54, 1.807) is 7.11 Å². The maximum Gasteiger partial charge on any atom is 0.0885 e. The summed E-state index contributed by atoms with van der Waals surface area (Å²) in [5, 5.41) is 0. The van der Waals surface area contributed by atoms with Crippen LogP contribution in [0, 0.1) is 0 Å². The number of hydrogen-bond donors (Lipinski definition) is 0. The van der Waals surface area contributed by atoms with Crippen molar-refractivity contribution in [1.29, 1.82) is 0 Å². The van der Waals surface area contributed by atoms with Crippen molar-refractivity contribution in [1.82, 2.24) is 0 Å². The largest absolute Gasteiger partial charge is 0.502 e. The van der Waals surface area contributed by atoms with E-state index in [0.717, 1.165) is 31.0 Å². The molecular weight excluding hydrogens is 164 g/mol. The molecule has 0 spiro atoms. The summed E-state index contributed by atoms with van der Waals surface area (Å²) in [6.45, 7) is 13.9. The molecule has 0 fully saturated rings. The molecule has 0 aliphatic carbocycles. The molecule has 0 amide bonds. The average molecular weight is 186 g/mol. The third kappa shape index (κ3) is 14.0. The summed E-state index contributed by atoms with van der Waals surface area (Å²) in [4.78, 5) is 0. The van der Waals surface area contributed by atoms with E-state index < -0.39 is 0 Å². The Bertz CT molecular complexity index is 133. The van der Waals surface area contributed by atoms with Crippen molar-refractivity contribution in [2.45, 2.75) is 33.6 Å². The minimum Gasteiger partial charge on any atom is -0.502 e. The average Bonchev–Trinajstić information content (AvgIpc) is 2.18. The van der Waals surface area contributed by atoms with Gasteiger partial charge in [0.25, 0.3) is 0 Å². The van der Waals surface area contributed by atoms with E-state index >= 15 is 0 Å². The van der Waals surface area contributed by atoms with Crippen LogP contribution in [0.5, 0.6) is 0 Å². The molecule has 0 aromatic carbocycles. The molecule has 2 nitrogen and oxygen atoms in total. The predicted molar refractivity (Wildman–Crippen MR) is 57.5 cm³/mol. The standard InChI is InChI=1S/C6H12O.C5H10O/c1-4-6(3)7-5-2;1-4-5(2)6-3/h3-5H2,1-2H3;2,4H2,1,3H3. The molecule has 0 aliphatic rings. The van der Waals surface area contributed by atoms with Crippen LogP contribution >= 0.6 is 0 Å². The zero-order valence-electron chi connectivity index (χ0n) is 9.35. The Morgan fingerprint density at radius 3 is 1.54 bits per heavy atom. The van der Waals surface area contributed by atoms with Crippen LogP contribution in [0.4, 0.5) is 0 Å².